The number of benzene rings is 3. The molecule has 0 spiro atoms. The van der Waals surface area contributed by atoms with E-state index in [4.69, 9.17) is 16.4 Å². The summed E-state index contributed by atoms with van der Waals surface area (Å²) in [5, 5.41) is 5.34. The molecular formula is C20H19ClN2O4S2. The highest BCUT2D eigenvalue weighted by atomic mass is 35.5. The molecule has 0 saturated heterocycles. The van der Waals surface area contributed by atoms with Gasteiger partial charge in [-0.15, -0.1) is 11.8 Å². The molecule has 1 amide bonds. The Morgan fingerprint density at radius 2 is 1.76 bits per heavy atom. The summed E-state index contributed by atoms with van der Waals surface area (Å²) in [5.74, 6) is -0.0137. The molecule has 3 aromatic carbocycles. The normalized spacial score (nSPS) is 11.7. The van der Waals surface area contributed by atoms with Crippen molar-refractivity contribution in [3.05, 3.63) is 65.7 Å². The number of halogens is 1. The van der Waals surface area contributed by atoms with E-state index in [9.17, 15) is 13.2 Å². The van der Waals surface area contributed by atoms with Crippen LogP contribution in [0.5, 0.6) is 0 Å². The number of nitrogens with zero attached hydrogens (tertiary/aromatic N) is 1. The summed E-state index contributed by atoms with van der Waals surface area (Å²) >= 11 is 7.71. The van der Waals surface area contributed by atoms with Gasteiger partial charge in [0.1, 0.15) is 0 Å². The Labute approximate surface area is 178 Å². The van der Waals surface area contributed by atoms with Crippen LogP contribution in [-0.4, -0.2) is 38.7 Å². The Hall–Kier alpha value is -2.10. The van der Waals surface area contributed by atoms with Gasteiger partial charge in [-0.3, -0.25) is 9.63 Å². The zero-order chi connectivity index (χ0) is 21.0. The molecule has 1 N–H and O–H groups in total. The van der Waals surface area contributed by atoms with Gasteiger partial charge in [0.15, 0.2) is 0 Å². The number of rotatable bonds is 7. The van der Waals surface area contributed by atoms with Crippen LogP contribution in [-0.2, 0) is 19.7 Å². The topological polar surface area (TPSA) is 75.7 Å². The second kappa shape index (κ2) is 9.15. The van der Waals surface area contributed by atoms with Crippen molar-refractivity contribution in [2.45, 2.75) is 9.79 Å². The van der Waals surface area contributed by atoms with Gasteiger partial charge < -0.3 is 5.32 Å². The third kappa shape index (κ3) is 4.91. The first-order valence-electron chi connectivity index (χ1n) is 8.56. The molecule has 0 bridgehead atoms. The van der Waals surface area contributed by atoms with Crippen LogP contribution in [0.25, 0.3) is 10.8 Å². The van der Waals surface area contributed by atoms with E-state index in [1.807, 2.05) is 36.4 Å². The molecule has 0 atom stereocenters. The molecule has 0 fully saturated rings. The van der Waals surface area contributed by atoms with Gasteiger partial charge in [-0.1, -0.05) is 40.3 Å². The summed E-state index contributed by atoms with van der Waals surface area (Å²) in [7, 11) is -1.15. The zero-order valence-corrected chi connectivity index (χ0v) is 18.1. The number of nitrogens with one attached hydrogen (secondary N) is 1. The second-order valence-corrected chi connectivity index (χ2v) is 9.41. The summed E-state index contributed by atoms with van der Waals surface area (Å²) in [6, 6.07) is 17.4. The summed E-state index contributed by atoms with van der Waals surface area (Å²) in [6.45, 7) is 0. The van der Waals surface area contributed by atoms with E-state index in [0.29, 0.717) is 10.7 Å². The maximum Gasteiger partial charge on any atom is 0.264 e. The smallest absolute Gasteiger partial charge is 0.264 e. The number of anilines is 1. The standard InChI is InChI=1S/C20H19ClN2O4S2/c1-23(27-2)29(25,26)16-11-9-15(10-12-16)22-19(24)13-28-18-8-4-6-14-5-3-7-17(21)20(14)18/h3-12H,13H2,1-2H3,(H,22,24). The maximum absolute atomic E-state index is 12.3. The molecule has 0 aromatic heterocycles. The van der Waals surface area contributed by atoms with E-state index >= 15 is 0 Å². The number of fused-ring (bicyclic) bond motifs is 1. The van der Waals surface area contributed by atoms with Crippen LogP contribution >= 0.6 is 23.4 Å². The van der Waals surface area contributed by atoms with E-state index in [1.54, 1.807) is 0 Å². The minimum atomic E-state index is -3.72. The lowest BCUT2D eigenvalue weighted by atomic mass is 10.1. The Kier molecular flexibility index (Phi) is 6.81. The van der Waals surface area contributed by atoms with Crippen molar-refractivity contribution in [3.63, 3.8) is 0 Å². The van der Waals surface area contributed by atoms with Crippen molar-refractivity contribution in [3.8, 4) is 0 Å². The van der Waals surface area contributed by atoms with Crippen molar-refractivity contribution >= 4 is 55.8 Å². The minimum absolute atomic E-state index is 0.0691. The Balaban J connectivity index is 1.66. The van der Waals surface area contributed by atoms with E-state index in [2.05, 4.69) is 5.32 Å². The molecular weight excluding hydrogens is 432 g/mol. The first-order chi connectivity index (χ1) is 13.8. The molecule has 0 saturated carbocycles. The van der Waals surface area contributed by atoms with Crippen molar-refractivity contribution in [1.82, 2.24) is 4.47 Å². The van der Waals surface area contributed by atoms with Crippen LogP contribution < -0.4 is 5.32 Å². The van der Waals surface area contributed by atoms with Gasteiger partial charge in [0.05, 0.1) is 17.8 Å². The highest BCUT2D eigenvalue weighted by molar-refractivity contribution is 8.00. The SMILES string of the molecule is CON(C)S(=O)(=O)c1ccc(NC(=O)CSc2cccc3cccc(Cl)c23)cc1. The van der Waals surface area contributed by atoms with Crippen LogP contribution in [0, 0.1) is 0 Å². The average Bonchev–Trinajstić information content (AvgIpc) is 2.72. The van der Waals surface area contributed by atoms with E-state index in [1.165, 1.54) is 50.2 Å². The first-order valence-corrected chi connectivity index (χ1v) is 11.4. The average molecular weight is 451 g/mol. The lowest BCUT2D eigenvalue weighted by molar-refractivity contribution is -0.113. The summed E-state index contributed by atoms with van der Waals surface area (Å²) < 4.78 is 25.2. The van der Waals surface area contributed by atoms with Crippen molar-refractivity contribution in [2.24, 2.45) is 0 Å². The predicted octanol–water partition coefficient (Wildman–Crippen LogP) is 4.41. The maximum atomic E-state index is 12.3. The molecule has 0 aliphatic rings. The lowest BCUT2D eigenvalue weighted by Gasteiger charge is -2.14. The van der Waals surface area contributed by atoms with Crippen molar-refractivity contribution in [2.75, 3.05) is 25.2 Å². The number of hydrogen-bond donors (Lipinski definition) is 1. The summed E-state index contributed by atoms with van der Waals surface area (Å²) in [6.07, 6.45) is 0. The number of carbonyl (C=O) groups excluding carboxylic acids is 1. The molecule has 6 nitrogen and oxygen atoms in total. The van der Waals surface area contributed by atoms with E-state index in [-0.39, 0.29) is 16.6 Å². The Morgan fingerprint density at radius 3 is 2.41 bits per heavy atom. The van der Waals surface area contributed by atoms with Gasteiger partial charge >= 0.3 is 0 Å². The van der Waals surface area contributed by atoms with Crippen LogP contribution in [0.4, 0.5) is 5.69 Å². The Bertz CT molecular complexity index is 1130. The minimum Gasteiger partial charge on any atom is -0.325 e. The fraction of sp³-hybridized carbons (Fsp3) is 0.150. The van der Waals surface area contributed by atoms with Gasteiger partial charge in [0, 0.05) is 28.0 Å². The fourth-order valence-corrected chi connectivity index (χ4v) is 4.90. The van der Waals surface area contributed by atoms with Gasteiger partial charge in [0.2, 0.25) is 5.91 Å². The summed E-state index contributed by atoms with van der Waals surface area (Å²) in [4.78, 5) is 18.1. The molecule has 152 valence electrons. The molecule has 0 unspecified atom stereocenters. The highest BCUT2D eigenvalue weighted by Crippen LogP contribution is 2.33. The monoisotopic (exact) mass is 450 g/mol. The molecule has 3 rings (SSSR count). The third-order valence-electron chi connectivity index (χ3n) is 4.21. The number of thioether (sulfide) groups is 1. The second-order valence-electron chi connectivity index (χ2n) is 6.05. The van der Waals surface area contributed by atoms with Crippen molar-refractivity contribution < 1.29 is 18.0 Å². The van der Waals surface area contributed by atoms with E-state index < -0.39 is 10.0 Å². The first kappa shape index (κ1) is 21.6. The van der Waals surface area contributed by atoms with Gasteiger partial charge in [-0.25, -0.2) is 8.42 Å². The molecule has 0 heterocycles. The number of carbonyl (C=O) groups is 1. The van der Waals surface area contributed by atoms with E-state index in [0.717, 1.165) is 20.1 Å². The van der Waals surface area contributed by atoms with Gasteiger partial charge in [-0.05, 0) is 41.8 Å². The number of amides is 1. The van der Waals surface area contributed by atoms with Crippen LogP contribution in [0.15, 0.2) is 70.5 Å². The highest BCUT2D eigenvalue weighted by Gasteiger charge is 2.20. The van der Waals surface area contributed by atoms with Crippen LogP contribution in [0.1, 0.15) is 0 Å². The quantitative estimate of drug-likeness (QED) is 0.426. The third-order valence-corrected chi connectivity index (χ3v) is 7.27. The lowest BCUT2D eigenvalue weighted by Crippen LogP contribution is -2.25. The fourth-order valence-electron chi connectivity index (χ4n) is 2.68. The summed E-state index contributed by atoms with van der Waals surface area (Å²) in [5.41, 5.74) is 0.505. The molecule has 3 aromatic rings. The largest absolute Gasteiger partial charge is 0.325 e. The molecule has 0 aliphatic heterocycles. The molecule has 9 heteroatoms. The zero-order valence-electron chi connectivity index (χ0n) is 15.8. The number of sulfonamides is 1. The Morgan fingerprint density at radius 1 is 1.10 bits per heavy atom. The molecule has 0 radical (unpaired) electrons. The van der Waals surface area contributed by atoms with Gasteiger partial charge in [0.25, 0.3) is 10.0 Å². The molecule has 29 heavy (non-hydrogen) atoms. The van der Waals surface area contributed by atoms with Crippen LogP contribution in [0.3, 0.4) is 0 Å². The number of hydrogen-bond acceptors (Lipinski definition) is 5. The predicted molar refractivity (Wildman–Crippen MR) is 117 cm³/mol. The van der Waals surface area contributed by atoms with Gasteiger partial charge in [-0.2, -0.15) is 0 Å². The molecule has 0 aliphatic carbocycles. The van der Waals surface area contributed by atoms with Crippen LogP contribution in [0.2, 0.25) is 5.02 Å². The van der Waals surface area contributed by atoms with Crippen molar-refractivity contribution in [1.29, 1.82) is 0 Å². The number of hydroxylamine groups is 1.